The largest absolute Gasteiger partial charge is 0.384 e. The SMILES string of the molecule is CN(C)C=CC(C)(C)C(=O)CC(N)=O. The number of carbonyl (C=O) groups is 2. The Morgan fingerprint density at radius 2 is 1.86 bits per heavy atom. The van der Waals surface area contributed by atoms with E-state index < -0.39 is 11.3 Å². The molecule has 4 heteroatoms. The molecule has 0 rings (SSSR count). The second-order valence-corrected chi connectivity index (χ2v) is 4.07. The summed E-state index contributed by atoms with van der Waals surface area (Å²) in [5, 5.41) is 0. The topological polar surface area (TPSA) is 63.4 Å². The summed E-state index contributed by atoms with van der Waals surface area (Å²) in [6.07, 6.45) is 3.35. The van der Waals surface area contributed by atoms with E-state index in [0.717, 1.165) is 0 Å². The molecule has 0 aliphatic carbocycles. The third kappa shape index (κ3) is 4.64. The molecule has 1 amide bonds. The van der Waals surface area contributed by atoms with Crippen molar-refractivity contribution in [3.63, 3.8) is 0 Å². The number of amides is 1. The quantitative estimate of drug-likeness (QED) is 0.655. The molecule has 0 aliphatic rings. The van der Waals surface area contributed by atoms with Gasteiger partial charge >= 0.3 is 0 Å². The van der Waals surface area contributed by atoms with Gasteiger partial charge in [0.05, 0.1) is 6.42 Å². The van der Waals surface area contributed by atoms with Crippen LogP contribution in [0.15, 0.2) is 12.3 Å². The highest BCUT2D eigenvalue weighted by molar-refractivity contribution is 6.00. The number of hydrogen-bond acceptors (Lipinski definition) is 3. The van der Waals surface area contributed by atoms with Crippen molar-refractivity contribution in [1.82, 2.24) is 4.90 Å². The van der Waals surface area contributed by atoms with E-state index in [1.165, 1.54) is 0 Å². The molecule has 0 aromatic carbocycles. The van der Waals surface area contributed by atoms with E-state index in [1.54, 1.807) is 26.1 Å². The highest BCUT2D eigenvalue weighted by Crippen LogP contribution is 2.20. The molecule has 0 heterocycles. The van der Waals surface area contributed by atoms with Crippen LogP contribution in [0.4, 0.5) is 0 Å². The first-order valence-electron chi connectivity index (χ1n) is 4.43. The highest BCUT2D eigenvalue weighted by Gasteiger charge is 2.25. The molecule has 0 radical (unpaired) electrons. The summed E-state index contributed by atoms with van der Waals surface area (Å²) < 4.78 is 0. The van der Waals surface area contributed by atoms with Crippen molar-refractivity contribution in [2.24, 2.45) is 11.1 Å². The van der Waals surface area contributed by atoms with Crippen LogP contribution in [0.25, 0.3) is 0 Å². The molecule has 0 saturated heterocycles. The Labute approximate surface area is 84.8 Å². The van der Waals surface area contributed by atoms with E-state index in [0.29, 0.717) is 0 Å². The Morgan fingerprint density at radius 3 is 2.21 bits per heavy atom. The molecule has 0 fully saturated rings. The third-order valence-electron chi connectivity index (χ3n) is 1.84. The van der Waals surface area contributed by atoms with E-state index in [9.17, 15) is 9.59 Å². The van der Waals surface area contributed by atoms with E-state index in [4.69, 9.17) is 5.73 Å². The molecule has 0 aliphatic heterocycles. The number of hydrogen-bond donors (Lipinski definition) is 1. The summed E-state index contributed by atoms with van der Waals surface area (Å²) in [4.78, 5) is 23.9. The predicted octanol–water partition coefficient (Wildman–Crippen LogP) is 0.532. The van der Waals surface area contributed by atoms with Crippen molar-refractivity contribution in [2.75, 3.05) is 14.1 Å². The fourth-order valence-electron chi connectivity index (χ4n) is 0.814. The van der Waals surface area contributed by atoms with Crippen molar-refractivity contribution in [1.29, 1.82) is 0 Å². The minimum absolute atomic E-state index is 0.164. The lowest BCUT2D eigenvalue weighted by Gasteiger charge is -2.18. The first-order valence-corrected chi connectivity index (χ1v) is 4.43. The minimum Gasteiger partial charge on any atom is -0.384 e. The number of primary amides is 1. The zero-order valence-corrected chi connectivity index (χ0v) is 9.20. The number of allylic oxidation sites excluding steroid dienone is 1. The first-order chi connectivity index (χ1) is 6.25. The zero-order valence-electron chi connectivity index (χ0n) is 9.20. The van der Waals surface area contributed by atoms with Gasteiger partial charge in [-0.3, -0.25) is 9.59 Å². The van der Waals surface area contributed by atoms with Crippen molar-refractivity contribution in [2.45, 2.75) is 20.3 Å². The molecule has 0 aromatic heterocycles. The number of ketones is 1. The van der Waals surface area contributed by atoms with Gasteiger partial charge in [0.15, 0.2) is 5.78 Å². The van der Waals surface area contributed by atoms with Crippen LogP contribution in [0.5, 0.6) is 0 Å². The van der Waals surface area contributed by atoms with Gasteiger partial charge in [-0.05, 0) is 20.0 Å². The summed E-state index contributed by atoms with van der Waals surface area (Å²) in [5.41, 5.74) is 4.31. The fraction of sp³-hybridized carbons (Fsp3) is 0.600. The number of nitrogens with two attached hydrogens (primary N) is 1. The maximum absolute atomic E-state index is 11.5. The van der Waals surface area contributed by atoms with Gasteiger partial charge in [0.25, 0.3) is 0 Å². The van der Waals surface area contributed by atoms with Gasteiger partial charge in [0, 0.05) is 19.5 Å². The van der Waals surface area contributed by atoms with E-state index in [1.807, 2.05) is 19.0 Å². The zero-order chi connectivity index (χ0) is 11.4. The normalized spacial score (nSPS) is 11.7. The van der Waals surface area contributed by atoms with Crippen molar-refractivity contribution < 1.29 is 9.59 Å². The third-order valence-corrected chi connectivity index (χ3v) is 1.84. The van der Waals surface area contributed by atoms with Gasteiger partial charge in [0.1, 0.15) is 0 Å². The summed E-state index contributed by atoms with van der Waals surface area (Å²) in [7, 11) is 3.73. The molecule has 0 saturated carbocycles. The standard InChI is InChI=1S/C10H18N2O2/c1-10(2,5-6-12(3)4)8(13)7-9(11)14/h5-6H,7H2,1-4H3,(H2,11,14). The summed E-state index contributed by atoms with van der Waals surface area (Å²) >= 11 is 0. The van der Waals surface area contributed by atoms with Crippen LogP contribution in [-0.2, 0) is 9.59 Å². The molecule has 0 aromatic rings. The lowest BCUT2D eigenvalue weighted by Crippen LogP contribution is -2.27. The van der Waals surface area contributed by atoms with Crippen LogP contribution in [0.1, 0.15) is 20.3 Å². The monoisotopic (exact) mass is 198 g/mol. The maximum atomic E-state index is 11.5. The highest BCUT2D eigenvalue weighted by atomic mass is 16.2. The molecule has 0 spiro atoms. The van der Waals surface area contributed by atoms with E-state index >= 15 is 0 Å². The number of carbonyl (C=O) groups excluding carboxylic acids is 2. The molecule has 2 N–H and O–H groups in total. The summed E-state index contributed by atoms with van der Waals surface area (Å²) in [6.45, 7) is 3.52. The Morgan fingerprint density at radius 1 is 1.36 bits per heavy atom. The van der Waals surface area contributed by atoms with Gasteiger partial charge < -0.3 is 10.6 Å². The number of Topliss-reactive ketones (excluding diaryl/α,β-unsaturated/α-hetero) is 1. The number of nitrogens with zero attached hydrogens (tertiary/aromatic N) is 1. The maximum Gasteiger partial charge on any atom is 0.224 e. The van der Waals surface area contributed by atoms with Crippen LogP contribution in [-0.4, -0.2) is 30.7 Å². The van der Waals surface area contributed by atoms with Crippen LogP contribution in [0.3, 0.4) is 0 Å². The Hall–Kier alpha value is -1.32. The van der Waals surface area contributed by atoms with Gasteiger partial charge in [-0.2, -0.15) is 0 Å². The van der Waals surface area contributed by atoms with Crippen molar-refractivity contribution >= 4 is 11.7 Å². The molecule has 4 nitrogen and oxygen atoms in total. The van der Waals surface area contributed by atoms with Crippen molar-refractivity contribution in [3.05, 3.63) is 12.3 Å². The van der Waals surface area contributed by atoms with Crippen LogP contribution < -0.4 is 5.73 Å². The summed E-state index contributed by atoms with van der Waals surface area (Å²) in [6, 6.07) is 0. The lowest BCUT2D eigenvalue weighted by molar-refractivity contribution is -0.130. The predicted molar refractivity (Wildman–Crippen MR) is 55.4 cm³/mol. The second kappa shape index (κ2) is 4.79. The van der Waals surface area contributed by atoms with Gasteiger partial charge in [-0.25, -0.2) is 0 Å². The summed E-state index contributed by atoms with van der Waals surface area (Å²) in [5.74, 6) is -0.746. The molecular weight excluding hydrogens is 180 g/mol. The fourth-order valence-corrected chi connectivity index (χ4v) is 0.814. The molecular formula is C10H18N2O2. The first kappa shape index (κ1) is 12.7. The second-order valence-electron chi connectivity index (χ2n) is 4.07. The average molecular weight is 198 g/mol. The Kier molecular flexibility index (Phi) is 4.34. The van der Waals surface area contributed by atoms with Crippen LogP contribution in [0, 0.1) is 5.41 Å². The molecule has 0 atom stereocenters. The Bertz CT molecular complexity index is 255. The molecule has 80 valence electrons. The van der Waals surface area contributed by atoms with E-state index in [2.05, 4.69) is 0 Å². The van der Waals surface area contributed by atoms with Gasteiger partial charge in [-0.1, -0.05) is 6.08 Å². The average Bonchev–Trinajstić information content (AvgIpc) is 1.99. The van der Waals surface area contributed by atoms with Gasteiger partial charge in [0.2, 0.25) is 5.91 Å². The lowest BCUT2D eigenvalue weighted by atomic mass is 9.86. The van der Waals surface area contributed by atoms with Gasteiger partial charge in [-0.15, -0.1) is 0 Å². The van der Waals surface area contributed by atoms with Crippen LogP contribution in [0.2, 0.25) is 0 Å². The minimum atomic E-state index is -0.640. The molecule has 0 bridgehead atoms. The number of rotatable bonds is 5. The van der Waals surface area contributed by atoms with Crippen molar-refractivity contribution in [3.8, 4) is 0 Å². The Balaban J connectivity index is 4.45. The van der Waals surface area contributed by atoms with E-state index in [-0.39, 0.29) is 12.2 Å². The molecule has 0 unspecified atom stereocenters. The van der Waals surface area contributed by atoms with Crippen LogP contribution >= 0.6 is 0 Å². The molecule has 14 heavy (non-hydrogen) atoms. The smallest absolute Gasteiger partial charge is 0.224 e.